The third kappa shape index (κ3) is 3.50. The molecule has 10 aromatic carbocycles. The van der Waals surface area contributed by atoms with E-state index in [9.17, 15) is 0 Å². The third-order valence-corrected chi connectivity index (χ3v) is 11.5. The highest BCUT2D eigenvalue weighted by molar-refractivity contribution is 6.43. The summed E-state index contributed by atoms with van der Waals surface area (Å²) in [5.41, 5.74) is 11.5. The van der Waals surface area contributed by atoms with E-state index in [1.165, 1.54) is 115 Å². The van der Waals surface area contributed by atoms with Crippen molar-refractivity contribution in [1.82, 2.24) is 4.57 Å². The molecule has 0 amide bonds. The van der Waals surface area contributed by atoms with Gasteiger partial charge in [0.05, 0.1) is 11.0 Å². The Bertz CT molecular complexity index is 3260. The zero-order chi connectivity index (χ0) is 33.2. The lowest BCUT2D eigenvalue weighted by Crippen LogP contribution is -1.95. The summed E-state index contributed by atoms with van der Waals surface area (Å²) in [6.45, 7) is 0. The van der Waals surface area contributed by atoms with Crippen LogP contribution in [0.15, 0.2) is 176 Å². The molecule has 1 heteroatoms. The van der Waals surface area contributed by atoms with E-state index in [4.69, 9.17) is 0 Å². The fraction of sp³-hybridized carbons (Fsp3) is 0. The lowest BCUT2D eigenvalue weighted by Gasteiger charge is -2.17. The predicted molar refractivity (Wildman–Crippen MR) is 218 cm³/mol. The average molecular weight is 644 g/mol. The topological polar surface area (TPSA) is 4.93 Å². The maximum Gasteiger partial charge on any atom is 0.0626 e. The molecular weight excluding hydrogens is 615 g/mol. The number of fused-ring (bicyclic) bond motifs is 16. The van der Waals surface area contributed by atoms with E-state index in [1.54, 1.807) is 0 Å². The molecular formula is C50H29N. The molecule has 0 saturated carbocycles. The summed E-state index contributed by atoms with van der Waals surface area (Å²) >= 11 is 0. The quantitative estimate of drug-likeness (QED) is 0.165. The number of benzene rings is 10. The highest BCUT2D eigenvalue weighted by Crippen LogP contribution is 2.51. The fourth-order valence-electron chi connectivity index (χ4n) is 9.46. The smallest absolute Gasteiger partial charge is 0.0626 e. The minimum absolute atomic E-state index is 1.17. The van der Waals surface area contributed by atoms with E-state index in [-0.39, 0.29) is 0 Å². The van der Waals surface area contributed by atoms with Gasteiger partial charge in [-0.15, -0.1) is 0 Å². The molecule has 0 fully saturated rings. The van der Waals surface area contributed by atoms with Gasteiger partial charge in [0.2, 0.25) is 0 Å². The van der Waals surface area contributed by atoms with Crippen LogP contribution in [0.1, 0.15) is 0 Å². The fourth-order valence-corrected chi connectivity index (χ4v) is 9.46. The van der Waals surface area contributed by atoms with Gasteiger partial charge in [-0.3, -0.25) is 0 Å². The number of para-hydroxylation sites is 2. The Balaban J connectivity index is 1.31. The van der Waals surface area contributed by atoms with Gasteiger partial charge in [0.25, 0.3) is 0 Å². The number of nitrogens with zero attached hydrogens (tertiary/aromatic N) is 1. The zero-order valence-electron chi connectivity index (χ0n) is 27.7. The molecule has 234 valence electrons. The Morgan fingerprint density at radius 1 is 0.275 bits per heavy atom. The van der Waals surface area contributed by atoms with Crippen molar-refractivity contribution in [3.8, 4) is 39.1 Å². The van der Waals surface area contributed by atoms with E-state index >= 15 is 0 Å². The van der Waals surface area contributed by atoms with E-state index in [1.807, 2.05) is 0 Å². The van der Waals surface area contributed by atoms with Crippen LogP contribution in [0.3, 0.4) is 0 Å². The molecule has 0 aliphatic heterocycles. The van der Waals surface area contributed by atoms with E-state index < -0.39 is 0 Å². The Morgan fingerprint density at radius 2 is 0.824 bits per heavy atom. The highest BCUT2D eigenvalue weighted by atomic mass is 15.0. The lowest BCUT2D eigenvalue weighted by atomic mass is 9.87. The second-order valence-electron chi connectivity index (χ2n) is 13.9. The normalized spacial score (nSPS) is 12.3. The van der Waals surface area contributed by atoms with E-state index in [0.29, 0.717) is 0 Å². The summed E-state index contributed by atoms with van der Waals surface area (Å²) in [7, 11) is 0. The molecule has 11 aromatic rings. The van der Waals surface area contributed by atoms with Gasteiger partial charge in [-0.05, 0) is 101 Å². The molecule has 1 aliphatic carbocycles. The standard InChI is InChI=1S/C50H29N/c1-2-13-31(14-3-1)51-45-24-11-10-21-43(45)49-48-40-20-9-7-17-35(40)34-16-6-8-19-39(34)47(48)42-26-25-30(29-44(42)50(49)51)32-27-28-41-36-18-5-4-15-33(36)38-23-12-22-37(32)46(38)41/h1-29H. The first-order valence-corrected chi connectivity index (χ1v) is 17.8. The molecule has 1 aromatic heterocycles. The summed E-state index contributed by atoms with van der Waals surface area (Å²) in [5.74, 6) is 0. The Morgan fingerprint density at radius 3 is 1.59 bits per heavy atom. The Kier molecular flexibility index (Phi) is 5.29. The largest absolute Gasteiger partial charge is 0.309 e. The highest BCUT2D eigenvalue weighted by Gasteiger charge is 2.25. The lowest BCUT2D eigenvalue weighted by molar-refractivity contribution is 1.19. The van der Waals surface area contributed by atoms with E-state index in [0.717, 1.165) is 0 Å². The number of aromatic nitrogens is 1. The van der Waals surface area contributed by atoms with E-state index in [2.05, 4.69) is 180 Å². The molecule has 12 rings (SSSR count). The molecule has 0 N–H and O–H groups in total. The summed E-state index contributed by atoms with van der Waals surface area (Å²) in [6, 6.07) is 65.4. The van der Waals surface area contributed by atoms with Gasteiger partial charge in [-0.25, -0.2) is 0 Å². The molecule has 1 aliphatic rings. The van der Waals surface area contributed by atoms with Crippen LogP contribution in [0.5, 0.6) is 0 Å². The van der Waals surface area contributed by atoms with Gasteiger partial charge in [-0.1, -0.05) is 152 Å². The minimum Gasteiger partial charge on any atom is -0.309 e. The first kappa shape index (κ1) is 27.2. The monoisotopic (exact) mass is 643 g/mol. The van der Waals surface area contributed by atoms with Crippen LogP contribution in [0.4, 0.5) is 0 Å². The van der Waals surface area contributed by atoms with Gasteiger partial charge in [0.1, 0.15) is 0 Å². The second kappa shape index (κ2) is 9.94. The summed E-state index contributed by atoms with van der Waals surface area (Å²) in [5, 5.41) is 15.6. The van der Waals surface area contributed by atoms with Gasteiger partial charge in [-0.2, -0.15) is 0 Å². The molecule has 51 heavy (non-hydrogen) atoms. The summed E-state index contributed by atoms with van der Waals surface area (Å²) in [6.07, 6.45) is 0. The van der Waals surface area contributed by atoms with Crippen molar-refractivity contribution in [2.75, 3.05) is 0 Å². The van der Waals surface area contributed by atoms with Gasteiger partial charge < -0.3 is 4.57 Å². The number of hydrogen-bond acceptors (Lipinski definition) is 0. The van der Waals surface area contributed by atoms with Gasteiger partial charge in [0.15, 0.2) is 0 Å². The maximum atomic E-state index is 2.50. The van der Waals surface area contributed by atoms with Gasteiger partial charge in [0, 0.05) is 27.2 Å². The van der Waals surface area contributed by atoms with Crippen LogP contribution in [0.25, 0.3) is 115 Å². The number of hydrogen-bond donors (Lipinski definition) is 0. The molecule has 0 spiro atoms. The Labute approximate surface area is 294 Å². The number of rotatable bonds is 2. The van der Waals surface area contributed by atoms with Gasteiger partial charge >= 0.3 is 0 Å². The van der Waals surface area contributed by atoms with Crippen molar-refractivity contribution in [2.45, 2.75) is 0 Å². The van der Waals surface area contributed by atoms with Crippen LogP contribution < -0.4 is 0 Å². The van der Waals surface area contributed by atoms with Crippen LogP contribution >= 0.6 is 0 Å². The van der Waals surface area contributed by atoms with Crippen molar-refractivity contribution in [3.05, 3.63) is 176 Å². The average Bonchev–Trinajstić information content (AvgIpc) is 3.72. The summed E-state index contributed by atoms with van der Waals surface area (Å²) < 4.78 is 2.50. The maximum absolute atomic E-state index is 2.50. The zero-order valence-corrected chi connectivity index (χ0v) is 27.7. The summed E-state index contributed by atoms with van der Waals surface area (Å²) in [4.78, 5) is 0. The molecule has 0 bridgehead atoms. The van der Waals surface area contributed by atoms with Crippen molar-refractivity contribution in [3.63, 3.8) is 0 Å². The second-order valence-corrected chi connectivity index (χ2v) is 13.9. The SMILES string of the molecule is c1ccc(-n2c3ccccc3c3c4c5ccccc5c5ccccc5c4c4ccc(-c5ccc6c7c(cccc57)-c5ccccc5-6)cc4c32)cc1. The van der Waals surface area contributed by atoms with Crippen molar-refractivity contribution >= 4 is 75.7 Å². The minimum atomic E-state index is 1.17. The molecule has 0 radical (unpaired) electrons. The molecule has 0 unspecified atom stereocenters. The first-order valence-electron chi connectivity index (χ1n) is 17.8. The molecule has 1 nitrogen and oxygen atoms in total. The van der Waals surface area contributed by atoms with Crippen LogP contribution in [0.2, 0.25) is 0 Å². The molecule has 0 atom stereocenters. The predicted octanol–water partition coefficient (Wildman–Crippen LogP) is 13.9. The first-order chi connectivity index (χ1) is 25.3. The Hall–Kier alpha value is -6.70. The molecule has 1 heterocycles. The van der Waals surface area contributed by atoms with Crippen molar-refractivity contribution in [2.24, 2.45) is 0 Å². The molecule has 0 saturated heterocycles. The third-order valence-electron chi connectivity index (χ3n) is 11.5. The van der Waals surface area contributed by atoms with Crippen LogP contribution in [0, 0.1) is 0 Å². The van der Waals surface area contributed by atoms with Crippen LogP contribution in [-0.4, -0.2) is 4.57 Å². The van der Waals surface area contributed by atoms with Crippen molar-refractivity contribution < 1.29 is 0 Å². The van der Waals surface area contributed by atoms with Crippen molar-refractivity contribution in [1.29, 1.82) is 0 Å². The van der Waals surface area contributed by atoms with Crippen LogP contribution in [-0.2, 0) is 0 Å².